The zero-order chi connectivity index (χ0) is 14.4. The van der Waals surface area contributed by atoms with Gasteiger partial charge in [0.2, 0.25) is 0 Å². The number of aryl methyl sites for hydroxylation is 1. The topological polar surface area (TPSA) is 45.6 Å². The van der Waals surface area contributed by atoms with Crippen LogP contribution in [0.4, 0.5) is 0 Å². The third-order valence-corrected chi connectivity index (χ3v) is 4.52. The van der Waals surface area contributed by atoms with Gasteiger partial charge in [0.05, 0.1) is 21.9 Å². The molecule has 0 atom stereocenters. The predicted octanol–water partition coefficient (Wildman–Crippen LogP) is 3.35. The first-order valence-corrected chi connectivity index (χ1v) is 7.72. The van der Waals surface area contributed by atoms with Gasteiger partial charge in [-0.05, 0) is 19.1 Å². The molecular weight excluding hydrogens is 284 g/mol. The fourth-order valence-corrected chi connectivity index (χ4v) is 3.43. The molecule has 3 aromatic rings. The number of H-pyrrole nitrogens is 1. The van der Waals surface area contributed by atoms with Gasteiger partial charge in [-0.15, -0.1) is 0 Å². The van der Waals surface area contributed by atoms with E-state index < -0.39 is 0 Å². The SMILES string of the molecule is CCn1nc2c(c1-c1ccc(Cl)c3[nH]ccc13)CNCC2. The van der Waals surface area contributed by atoms with Crippen LogP contribution in [0.25, 0.3) is 22.2 Å². The predicted molar refractivity (Wildman–Crippen MR) is 85.6 cm³/mol. The van der Waals surface area contributed by atoms with E-state index in [2.05, 4.69) is 34.0 Å². The van der Waals surface area contributed by atoms with Gasteiger partial charge >= 0.3 is 0 Å². The Balaban J connectivity index is 2.02. The minimum Gasteiger partial charge on any atom is -0.360 e. The minimum absolute atomic E-state index is 0.758. The summed E-state index contributed by atoms with van der Waals surface area (Å²) < 4.78 is 2.12. The van der Waals surface area contributed by atoms with Gasteiger partial charge in [-0.2, -0.15) is 5.10 Å². The summed E-state index contributed by atoms with van der Waals surface area (Å²) in [7, 11) is 0. The van der Waals surface area contributed by atoms with Crippen molar-refractivity contribution in [3.63, 3.8) is 0 Å². The highest BCUT2D eigenvalue weighted by Gasteiger charge is 2.22. The fourth-order valence-electron chi connectivity index (χ4n) is 3.21. The number of benzene rings is 1. The second kappa shape index (κ2) is 4.90. The molecule has 0 radical (unpaired) electrons. The number of nitrogens with zero attached hydrogens (tertiary/aromatic N) is 2. The van der Waals surface area contributed by atoms with Gasteiger partial charge in [-0.3, -0.25) is 4.68 Å². The molecule has 0 bridgehead atoms. The second-order valence-electron chi connectivity index (χ2n) is 5.38. The van der Waals surface area contributed by atoms with Gasteiger partial charge < -0.3 is 10.3 Å². The van der Waals surface area contributed by atoms with Crippen molar-refractivity contribution in [2.45, 2.75) is 26.4 Å². The molecule has 4 rings (SSSR count). The molecule has 1 aromatic carbocycles. The number of nitrogens with one attached hydrogen (secondary N) is 2. The third kappa shape index (κ3) is 1.90. The molecule has 0 saturated heterocycles. The van der Waals surface area contributed by atoms with Crippen molar-refractivity contribution in [1.82, 2.24) is 20.1 Å². The summed E-state index contributed by atoms with van der Waals surface area (Å²) in [4.78, 5) is 3.23. The number of rotatable bonds is 2. The van der Waals surface area contributed by atoms with Gasteiger partial charge in [0.15, 0.2) is 0 Å². The molecule has 1 aliphatic rings. The molecule has 108 valence electrons. The Bertz CT molecular complexity index is 815. The highest BCUT2D eigenvalue weighted by Crippen LogP contribution is 2.36. The highest BCUT2D eigenvalue weighted by molar-refractivity contribution is 6.35. The summed E-state index contributed by atoms with van der Waals surface area (Å²) >= 11 is 6.28. The number of aromatic nitrogens is 3. The molecule has 21 heavy (non-hydrogen) atoms. The molecule has 3 heterocycles. The lowest BCUT2D eigenvalue weighted by atomic mass is 9.99. The Morgan fingerprint density at radius 3 is 3.10 bits per heavy atom. The van der Waals surface area contributed by atoms with Gasteiger partial charge in [-0.25, -0.2) is 0 Å². The van der Waals surface area contributed by atoms with Crippen molar-refractivity contribution < 1.29 is 0 Å². The molecule has 0 fully saturated rings. The molecule has 0 spiro atoms. The molecule has 0 aliphatic carbocycles. The maximum atomic E-state index is 6.28. The van der Waals surface area contributed by atoms with Crippen molar-refractivity contribution in [1.29, 1.82) is 0 Å². The number of hydrogen-bond acceptors (Lipinski definition) is 2. The van der Waals surface area contributed by atoms with Crippen molar-refractivity contribution in [2.75, 3.05) is 6.54 Å². The Labute approximate surface area is 128 Å². The van der Waals surface area contributed by atoms with Crippen molar-refractivity contribution in [3.05, 3.63) is 40.7 Å². The van der Waals surface area contributed by atoms with Gasteiger partial charge in [-0.1, -0.05) is 17.7 Å². The van der Waals surface area contributed by atoms with E-state index in [9.17, 15) is 0 Å². The molecule has 2 N–H and O–H groups in total. The van der Waals surface area contributed by atoms with E-state index in [1.807, 2.05) is 12.3 Å². The van der Waals surface area contributed by atoms with Crippen LogP contribution in [0.15, 0.2) is 24.4 Å². The quantitative estimate of drug-likeness (QED) is 0.762. The lowest BCUT2D eigenvalue weighted by Crippen LogP contribution is -2.23. The third-order valence-electron chi connectivity index (χ3n) is 4.20. The molecule has 1 aliphatic heterocycles. The molecule has 0 unspecified atom stereocenters. The molecule has 5 heteroatoms. The smallest absolute Gasteiger partial charge is 0.0736 e. The van der Waals surface area contributed by atoms with Crippen LogP contribution in [-0.2, 0) is 19.5 Å². The van der Waals surface area contributed by atoms with Crippen LogP contribution >= 0.6 is 11.6 Å². The van der Waals surface area contributed by atoms with E-state index >= 15 is 0 Å². The van der Waals surface area contributed by atoms with Crippen molar-refractivity contribution >= 4 is 22.5 Å². The summed E-state index contributed by atoms with van der Waals surface area (Å²) in [6, 6.07) is 6.16. The lowest BCUT2D eigenvalue weighted by molar-refractivity contribution is 0.621. The van der Waals surface area contributed by atoms with Crippen LogP contribution in [0.1, 0.15) is 18.2 Å². The molecule has 4 nitrogen and oxygen atoms in total. The summed E-state index contributed by atoms with van der Waals surface area (Å²) in [5, 5.41) is 10.2. The normalized spacial score (nSPS) is 14.6. The monoisotopic (exact) mass is 300 g/mol. The number of halogens is 1. The zero-order valence-electron chi connectivity index (χ0n) is 11.9. The van der Waals surface area contributed by atoms with Gasteiger partial charge in [0.1, 0.15) is 0 Å². The average molecular weight is 301 g/mol. The fraction of sp³-hybridized carbons (Fsp3) is 0.312. The zero-order valence-corrected chi connectivity index (χ0v) is 12.7. The van der Waals surface area contributed by atoms with E-state index in [-0.39, 0.29) is 0 Å². The number of aromatic amines is 1. The second-order valence-corrected chi connectivity index (χ2v) is 5.78. The lowest BCUT2D eigenvalue weighted by Gasteiger charge is -2.14. The van der Waals surface area contributed by atoms with Crippen LogP contribution in [-0.4, -0.2) is 21.3 Å². The first-order valence-electron chi connectivity index (χ1n) is 7.35. The number of hydrogen-bond donors (Lipinski definition) is 2. The van der Waals surface area contributed by atoms with Crippen LogP contribution < -0.4 is 5.32 Å². The van der Waals surface area contributed by atoms with Crippen LogP contribution in [0.2, 0.25) is 5.02 Å². The molecule has 0 amide bonds. The summed E-state index contributed by atoms with van der Waals surface area (Å²) in [5.74, 6) is 0. The van der Waals surface area contributed by atoms with E-state index in [4.69, 9.17) is 16.7 Å². The highest BCUT2D eigenvalue weighted by atomic mass is 35.5. The standard InChI is InChI=1S/C16H17ClN4/c1-2-21-16(12-9-18-7-6-14(12)20-21)11-3-4-13(17)15-10(11)5-8-19-15/h3-5,8,18-19H,2,6-7,9H2,1H3. The summed E-state index contributed by atoms with van der Waals surface area (Å²) in [5.41, 5.74) is 5.98. The van der Waals surface area contributed by atoms with Gasteiger partial charge in [0, 0.05) is 48.8 Å². The van der Waals surface area contributed by atoms with E-state index in [0.29, 0.717) is 0 Å². The Morgan fingerprint density at radius 2 is 2.24 bits per heavy atom. The maximum Gasteiger partial charge on any atom is 0.0736 e. The number of fused-ring (bicyclic) bond motifs is 2. The molecular formula is C16H17ClN4. The Kier molecular flexibility index (Phi) is 3.01. The van der Waals surface area contributed by atoms with E-state index in [1.54, 1.807) is 0 Å². The largest absolute Gasteiger partial charge is 0.360 e. The van der Waals surface area contributed by atoms with Crippen LogP contribution in [0, 0.1) is 0 Å². The average Bonchev–Trinajstić information content (AvgIpc) is 3.12. The molecule has 0 saturated carbocycles. The van der Waals surface area contributed by atoms with Crippen LogP contribution in [0.3, 0.4) is 0 Å². The first-order chi connectivity index (χ1) is 10.3. The summed E-state index contributed by atoms with van der Waals surface area (Å²) in [6.45, 7) is 4.91. The van der Waals surface area contributed by atoms with Crippen molar-refractivity contribution in [2.24, 2.45) is 0 Å². The van der Waals surface area contributed by atoms with Crippen molar-refractivity contribution in [3.8, 4) is 11.3 Å². The van der Waals surface area contributed by atoms with Gasteiger partial charge in [0.25, 0.3) is 0 Å². The van der Waals surface area contributed by atoms with E-state index in [0.717, 1.165) is 42.0 Å². The Morgan fingerprint density at radius 1 is 1.33 bits per heavy atom. The summed E-state index contributed by atoms with van der Waals surface area (Å²) in [6.07, 6.45) is 2.94. The van der Waals surface area contributed by atoms with E-state index in [1.165, 1.54) is 22.5 Å². The van der Waals surface area contributed by atoms with Crippen LogP contribution in [0.5, 0.6) is 0 Å². The Hall–Kier alpha value is -1.78. The minimum atomic E-state index is 0.758. The first kappa shape index (κ1) is 12.9. The molecule has 2 aromatic heterocycles. The maximum absolute atomic E-state index is 6.28.